The summed E-state index contributed by atoms with van der Waals surface area (Å²) in [6.45, 7) is -0.262. The molecule has 0 saturated heterocycles. The van der Waals surface area contributed by atoms with Gasteiger partial charge in [-0.15, -0.1) is 0 Å². The number of para-hydroxylation sites is 1. The minimum absolute atomic E-state index is 0.125. The molecule has 0 spiro atoms. The summed E-state index contributed by atoms with van der Waals surface area (Å²) < 4.78 is 19.1. The van der Waals surface area contributed by atoms with E-state index in [1.807, 2.05) is 0 Å². The monoisotopic (exact) mass is 335 g/mol. The molecular formula is C17H15ClFNO3. The molecule has 0 bridgehead atoms. The summed E-state index contributed by atoms with van der Waals surface area (Å²) >= 11 is 5.83. The zero-order chi connectivity index (χ0) is 16.4. The first-order valence-electron chi connectivity index (χ1n) is 7.19. The van der Waals surface area contributed by atoms with Gasteiger partial charge in [-0.1, -0.05) is 35.9 Å². The third-order valence-corrected chi connectivity index (χ3v) is 4.03. The van der Waals surface area contributed by atoms with Crippen LogP contribution in [0.2, 0.25) is 5.02 Å². The minimum atomic E-state index is -0.803. The number of aliphatic hydroxyl groups excluding tert-OH is 1. The maximum atomic E-state index is 13.6. The van der Waals surface area contributed by atoms with Crippen molar-refractivity contribution >= 4 is 17.5 Å². The van der Waals surface area contributed by atoms with Crippen molar-refractivity contribution in [3.05, 3.63) is 64.4 Å². The van der Waals surface area contributed by atoms with Gasteiger partial charge in [-0.3, -0.25) is 4.79 Å². The molecule has 2 unspecified atom stereocenters. The molecule has 2 N–H and O–H groups in total. The predicted octanol–water partition coefficient (Wildman–Crippen LogP) is 2.63. The van der Waals surface area contributed by atoms with Crippen molar-refractivity contribution in [3.63, 3.8) is 0 Å². The molecule has 1 aliphatic heterocycles. The molecule has 0 aromatic heterocycles. The van der Waals surface area contributed by atoms with Gasteiger partial charge in [0.15, 0.2) is 17.7 Å². The fraction of sp³-hybridized carbons (Fsp3) is 0.235. The van der Waals surface area contributed by atoms with E-state index in [1.165, 1.54) is 6.07 Å². The molecule has 2 aromatic rings. The van der Waals surface area contributed by atoms with Crippen LogP contribution in [0.25, 0.3) is 0 Å². The molecule has 1 amide bonds. The van der Waals surface area contributed by atoms with E-state index in [-0.39, 0.29) is 12.4 Å². The topological polar surface area (TPSA) is 58.6 Å². The number of carbonyl (C=O) groups excluding carboxylic acids is 1. The Hall–Kier alpha value is -2.11. The van der Waals surface area contributed by atoms with Crippen LogP contribution in [0.3, 0.4) is 0 Å². The lowest BCUT2D eigenvalue weighted by molar-refractivity contribution is -0.128. The number of benzene rings is 2. The number of nitrogens with one attached hydrogen (secondary N) is 1. The van der Waals surface area contributed by atoms with Crippen LogP contribution in [-0.4, -0.2) is 23.7 Å². The van der Waals surface area contributed by atoms with Crippen LogP contribution in [-0.2, 0) is 11.2 Å². The van der Waals surface area contributed by atoms with Gasteiger partial charge < -0.3 is 15.2 Å². The van der Waals surface area contributed by atoms with Gasteiger partial charge in [-0.2, -0.15) is 0 Å². The lowest BCUT2D eigenvalue weighted by atomic mass is 10.1. The van der Waals surface area contributed by atoms with E-state index in [9.17, 15) is 14.3 Å². The predicted molar refractivity (Wildman–Crippen MR) is 83.9 cm³/mol. The maximum Gasteiger partial charge on any atom is 0.261 e. The van der Waals surface area contributed by atoms with Crippen LogP contribution < -0.4 is 10.1 Å². The highest BCUT2D eigenvalue weighted by Crippen LogP contribution is 2.31. The summed E-state index contributed by atoms with van der Waals surface area (Å²) in [5, 5.41) is 12.8. The molecule has 1 aliphatic rings. The summed E-state index contributed by atoms with van der Waals surface area (Å²) in [7, 11) is 0. The van der Waals surface area contributed by atoms with E-state index in [0.29, 0.717) is 17.0 Å². The number of aliphatic hydroxyl groups is 1. The molecule has 4 nitrogen and oxygen atoms in total. The van der Waals surface area contributed by atoms with E-state index >= 15 is 0 Å². The van der Waals surface area contributed by atoms with Gasteiger partial charge in [-0.25, -0.2) is 4.39 Å². The van der Waals surface area contributed by atoms with Crippen LogP contribution >= 0.6 is 11.6 Å². The second kappa shape index (κ2) is 6.56. The van der Waals surface area contributed by atoms with Crippen LogP contribution in [0.1, 0.15) is 17.2 Å². The van der Waals surface area contributed by atoms with E-state index < -0.39 is 23.9 Å². The zero-order valence-electron chi connectivity index (χ0n) is 12.1. The van der Waals surface area contributed by atoms with Crippen molar-refractivity contribution < 1.29 is 19.0 Å². The van der Waals surface area contributed by atoms with Crippen LogP contribution in [0.5, 0.6) is 5.75 Å². The first kappa shape index (κ1) is 15.8. The van der Waals surface area contributed by atoms with E-state index in [0.717, 1.165) is 5.56 Å². The molecule has 6 heteroatoms. The van der Waals surface area contributed by atoms with Crippen molar-refractivity contribution in [1.82, 2.24) is 5.32 Å². The lowest BCUT2D eigenvalue weighted by Crippen LogP contribution is -2.40. The Bertz CT molecular complexity index is 720. The number of ether oxygens (including phenoxy) is 1. The van der Waals surface area contributed by atoms with E-state index in [2.05, 4.69) is 5.32 Å². The van der Waals surface area contributed by atoms with Crippen molar-refractivity contribution in [2.75, 3.05) is 6.61 Å². The third kappa shape index (κ3) is 3.30. The first-order valence-corrected chi connectivity index (χ1v) is 7.57. The van der Waals surface area contributed by atoms with E-state index in [1.54, 1.807) is 36.4 Å². The summed E-state index contributed by atoms with van der Waals surface area (Å²) in [4.78, 5) is 12.3. The molecule has 0 fully saturated rings. The Morgan fingerprint density at radius 2 is 2.09 bits per heavy atom. The number of rotatable bonds is 4. The molecule has 0 saturated carbocycles. The highest BCUT2D eigenvalue weighted by Gasteiger charge is 2.32. The van der Waals surface area contributed by atoms with Crippen molar-refractivity contribution in [2.45, 2.75) is 18.6 Å². The second-order valence-corrected chi connectivity index (χ2v) is 5.77. The van der Waals surface area contributed by atoms with Gasteiger partial charge >= 0.3 is 0 Å². The van der Waals surface area contributed by atoms with Crippen LogP contribution in [0.4, 0.5) is 4.39 Å². The third-order valence-electron chi connectivity index (χ3n) is 3.78. The SMILES string of the molecule is O=C(NC(CO)c1ccc(Cl)cc1)C1Cc2cccc(F)c2O1. The Morgan fingerprint density at radius 1 is 1.35 bits per heavy atom. The summed E-state index contributed by atoms with van der Waals surface area (Å²) in [6, 6.07) is 10.9. The number of amides is 1. The average Bonchev–Trinajstić information content (AvgIpc) is 2.99. The fourth-order valence-corrected chi connectivity index (χ4v) is 2.70. The second-order valence-electron chi connectivity index (χ2n) is 5.33. The van der Waals surface area contributed by atoms with Gasteiger partial charge in [0.25, 0.3) is 5.91 Å². The van der Waals surface area contributed by atoms with Gasteiger partial charge in [0.1, 0.15) is 0 Å². The van der Waals surface area contributed by atoms with Gasteiger partial charge in [0, 0.05) is 17.0 Å². The smallest absolute Gasteiger partial charge is 0.261 e. The Balaban J connectivity index is 1.69. The summed E-state index contributed by atoms with van der Waals surface area (Å²) in [6.07, 6.45) is -0.499. The Morgan fingerprint density at radius 3 is 2.74 bits per heavy atom. The molecular weight excluding hydrogens is 321 g/mol. The fourth-order valence-electron chi connectivity index (χ4n) is 2.57. The number of fused-ring (bicyclic) bond motifs is 1. The van der Waals surface area contributed by atoms with Gasteiger partial charge in [0.05, 0.1) is 12.6 Å². The molecule has 0 aliphatic carbocycles. The van der Waals surface area contributed by atoms with E-state index in [4.69, 9.17) is 16.3 Å². The summed E-state index contributed by atoms with van der Waals surface area (Å²) in [5.74, 6) is -0.747. The Labute approximate surface area is 137 Å². The molecule has 2 aromatic carbocycles. The quantitative estimate of drug-likeness (QED) is 0.903. The largest absolute Gasteiger partial charge is 0.477 e. The Kier molecular flexibility index (Phi) is 4.50. The number of halogens is 2. The molecule has 2 atom stereocenters. The molecule has 120 valence electrons. The van der Waals surface area contributed by atoms with Crippen LogP contribution in [0, 0.1) is 5.82 Å². The molecule has 1 heterocycles. The maximum absolute atomic E-state index is 13.6. The number of hydrogen-bond donors (Lipinski definition) is 2. The van der Waals surface area contributed by atoms with Crippen LogP contribution in [0.15, 0.2) is 42.5 Å². The lowest BCUT2D eigenvalue weighted by Gasteiger charge is -2.19. The van der Waals surface area contributed by atoms with Gasteiger partial charge in [-0.05, 0) is 23.8 Å². The molecule has 23 heavy (non-hydrogen) atoms. The average molecular weight is 336 g/mol. The normalized spacial score (nSPS) is 17.3. The van der Waals surface area contributed by atoms with Gasteiger partial charge in [0.2, 0.25) is 0 Å². The van der Waals surface area contributed by atoms with Crippen molar-refractivity contribution in [3.8, 4) is 5.75 Å². The summed E-state index contributed by atoms with van der Waals surface area (Å²) in [5.41, 5.74) is 1.39. The minimum Gasteiger partial charge on any atom is -0.477 e. The standard InChI is InChI=1S/C17H15ClFNO3/c18-12-6-4-10(5-7-12)14(9-21)20-17(22)15-8-11-2-1-3-13(19)16(11)23-15/h1-7,14-15,21H,8-9H2,(H,20,22). The first-order chi connectivity index (χ1) is 11.1. The highest BCUT2D eigenvalue weighted by molar-refractivity contribution is 6.30. The number of carbonyl (C=O) groups is 1. The molecule has 0 radical (unpaired) electrons. The van der Waals surface area contributed by atoms with Crippen molar-refractivity contribution in [1.29, 1.82) is 0 Å². The number of hydrogen-bond acceptors (Lipinski definition) is 3. The highest BCUT2D eigenvalue weighted by atomic mass is 35.5. The van der Waals surface area contributed by atoms with Crippen molar-refractivity contribution in [2.24, 2.45) is 0 Å². The zero-order valence-corrected chi connectivity index (χ0v) is 12.9. The molecule has 3 rings (SSSR count).